The summed E-state index contributed by atoms with van der Waals surface area (Å²) in [4.78, 5) is 36.9. The van der Waals surface area contributed by atoms with Crippen LogP contribution in [0.2, 0.25) is 0 Å². The van der Waals surface area contributed by atoms with Crippen LogP contribution in [-0.4, -0.2) is 65.5 Å². The standard InChI is InChI=1S/C17H19F3N4O4S/c18-17(19,20)14(26)28-16-24(6-7-29-16)13(25)12-8-11(9-21-12)23-15(27)22-10-4-2-1-3-5-10/h1-5,11-12,16,21H,6-9H2,(H2,22,23,27)/t11-,12-,16?/m0/s1. The molecule has 1 unspecified atom stereocenters. The number of amides is 3. The Morgan fingerprint density at radius 2 is 1.93 bits per heavy atom. The number of alkyl halides is 3. The van der Waals surface area contributed by atoms with Gasteiger partial charge in [-0.05, 0) is 18.6 Å². The Labute approximate surface area is 168 Å². The molecule has 2 aliphatic rings. The van der Waals surface area contributed by atoms with Crippen molar-refractivity contribution in [3.63, 3.8) is 0 Å². The summed E-state index contributed by atoms with van der Waals surface area (Å²) in [6, 6.07) is 7.37. The van der Waals surface area contributed by atoms with Crippen LogP contribution in [0.5, 0.6) is 0 Å². The largest absolute Gasteiger partial charge is 0.491 e. The minimum absolute atomic E-state index is 0.171. The van der Waals surface area contributed by atoms with Crippen molar-refractivity contribution in [3.8, 4) is 0 Å². The molecule has 3 rings (SSSR count). The van der Waals surface area contributed by atoms with Crippen LogP contribution in [0.15, 0.2) is 30.3 Å². The lowest BCUT2D eigenvalue weighted by atomic mass is 10.1. The highest BCUT2D eigenvalue weighted by Crippen LogP contribution is 2.29. The predicted molar refractivity (Wildman–Crippen MR) is 98.9 cm³/mol. The highest BCUT2D eigenvalue weighted by molar-refractivity contribution is 8.00. The van der Waals surface area contributed by atoms with E-state index in [9.17, 15) is 27.6 Å². The van der Waals surface area contributed by atoms with Crippen molar-refractivity contribution in [2.45, 2.75) is 30.2 Å². The molecule has 3 N–H and O–H groups in total. The van der Waals surface area contributed by atoms with E-state index in [0.29, 0.717) is 18.0 Å². The highest BCUT2D eigenvalue weighted by Gasteiger charge is 2.46. The third kappa shape index (κ3) is 5.54. The van der Waals surface area contributed by atoms with Gasteiger partial charge in [-0.15, -0.1) is 0 Å². The van der Waals surface area contributed by atoms with Gasteiger partial charge in [0.05, 0.1) is 6.04 Å². The van der Waals surface area contributed by atoms with Crippen molar-refractivity contribution in [1.29, 1.82) is 0 Å². The average molecular weight is 432 g/mol. The number of benzene rings is 1. The molecule has 0 aliphatic carbocycles. The summed E-state index contributed by atoms with van der Waals surface area (Å²) in [7, 11) is 0. The van der Waals surface area contributed by atoms with Gasteiger partial charge in [0.25, 0.3) is 0 Å². The average Bonchev–Trinajstić information content (AvgIpc) is 3.30. The number of para-hydroxylation sites is 1. The van der Waals surface area contributed by atoms with E-state index < -0.39 is 35.7 Å². The molecule has 2 heterocycles. The Balaban J connectivity index is 1.50. The molecule has 2 saturated heterocycles. The van der Waals surface area contributed by atoms with E-state index in [2.05, 4.69) is 20.7 Å². The van der Waals surface area contributed by atoms with Gasteiger partial charge in [0, 0.05) is 30.6 Å². The number of carbonyl (C=O) groups is 3. The van der Waals surface area contributed by atoms with Gasteiger partial charge in [-0.1, -0.05) is 30.0 Å². The van der Waals surface area contributed by atoms with Gasteiger partial charge in [0.2, 0.25) is 11.5 Å². The van der Waals surface area contributed by atoms with Crippen LogP contribution in [0.1, 0.15) is 6.42 Å². The van der Waals surface area contributed by atoms with Crippen LogP contribution in [0, 0.1) is 0 Å². The third-order valence-corrected chi connectivity index (χ3v) is 5.42. The number of urea groups is 1. The number of hydrogen-bond acceptors (Lipinski definition) is 6. The number of anilines is 1. The van der Waals surface area contributed by atoms with E-state index >= 15 is 0 Å². The van der Waals surface area contributed by atoms with Gasteiger partial charge in [0.1, 0.15) is 0 Å². The summed E-state index contributed by atoms with van der Waals surface area (Å²) >= 11 is 0.949. The molecule has 0 spiro atoms. The molecule has 0 radical (unpaired) electrons. The first-order valence-corrected chi connectivity index (χ1v) is 9.85. The summed E-state index contributed by atoms with van der Waals surface area (Å²) < 4.78 is 41.7. The summed E-state index contributed by atoms with van der Waals surface area (Å²) in [5.74, 6) is -2.44. The molecule has 2 aliphatic heterocycles. The first-order chi connectivity index (χ1) is 13.7. The van der Waals surface area contributed by atoms with Gasteiger partial charge in [-0.25, -0.2) is 9.59 Å². The van der Waals surface area contributed by atoms with Gasteiger partial charge in [-0.2, -0.15) is 13.2 Å². The molecular weight excluding hydrogens is 413 g/mol. The topological polar surface area (TPSA) is 99.8 Å². The minimum Gasteiger partial charge on any atom is -0.425 e. The van der Waals surface area contributed by atoms with Crippen molar-refractivity contribution in [1.82, 2.24) is 15.5 Å². The van der Waals surface area contributed by atoms with Crippen LogP contribution >= 0.6 is 11.8 Å². The fraction of sp³-hybridized carbons (Fsp3) is 0.471. The summed E-state index contributed by atoms with van der Waals surface area (Å²) in [6.07, 6.45) is -4.85. The predicted octanol–water partition coefficient (Wildman–Crippen LogP) is 1.50. The van der Waals surface area contributed by atoms with E-state index in [4.69, 9.17) is 0 Å². The van der Waals surface area contributed by atoms with Gasteiger partial charge >= 0.3 is 18.2 Å². The number of nitrogens with zero attached hydrogens (tertiary/aromatic N) is 1. The van der Waals surface area contributed by atoms with E-state index in [1.54, 1.807) is 24.3 Å². The SMILES string of the molecule is O=C(Nc1ccccc1)N[C@@H]1CN[C@H](C(=O)N2CCSC2OC(=O)C(F)(F)F)C1. The molecule has 29 heavy (non-hydrogen) atoms. The molecule has 8 nitrogen and oxygen atoms in total. The Bertz CT molecular complexity index is 765. The lowest BCUT2D eigenvalue weighted by molar-refractivity contribution is -0.206. The van der Waals surface area contributed by atoms with Gasteiger partial charge in [0.15, 0.2) is 0 Å². The number of ether oxygens (including phenoxy) is 1. The normalized spacial score (nSPS) is 24.2. The first kappa shape index (κ1) is 21.2. The van der Waals surface area contributed by atoms with Crippen LogP contribution in [0.4, 0.5) is 23.7 Å². The summed E-state index contributed by atoms with van der Waals surface area (Å²) in [6.45, 7) is 0.497. The molecular formula is C17H19F3N4O4S. The highest BCUT2D eigenvalue weighted by atomic mass is 32.2. The Hall–Kier alpha value is -2.47. The molecule has 2 fully saturated rings. The van der Waals surface area contributed by atoms with Crippen molar-refractivity contribution in [3.05, 3.63) is 30.3 Å². The molecule has 158 valence electrons. The Morgan fingerprint density at radius 1 is 1.21 bits per heavy atom. The molecule has 1 aromatic rings. The number of thioether (sulfide) groups is 1. The number of halogens is 3. The quantitative estimate of drug-likeness (QED) is 0.624. The van der Waals surface area contributed by atoms with Crippen LogP contribution in [0.3, 0.4) is 0 Å². The third-order valence-electron chi connectivity index (χ3n) is 4.37. The van der Waals surface area contributed by atoms with E-state index in [-0.39, 0.29) is 19.0 Å². The maximum absolute atomic E-state index is 12.7. The lowest BCUT2D eigenvalue weighted by Gasteiger charge is -2.26. The number of hydrogen-bond donors (Lipinski definition) is 3. The fourth-order valence-corrected chi connectivity index (χ4v) is 4.07. The summed E-state index contributed by atoms with van der Waals surface area (Å²) in [5.41, 5.74) is -0.696. The zero-order valence-corrected chi connectivity index (χ0v) is 15.9. The second-order valence-corrected chi connectivity index (χ2v) is 7.62. The number of nitrogens with one attached hydrogen (secondary N) is 3. The van der Waals surface area contributed by atoms with E-state index in [0.717, 1.165) is 16.7 Å². The first-order valence-electron chi connectivity index (χ1n) is 8.80. The lowest BCUT2D eigenvalue weighted by Crippen LogP contribution is -2.47. The van der Waals surface area contributed by atoms with Crippen molar-refractivity contribution >= 4 is 35.4 Å². The molecule has 0 bridgehead atoms. The van der Waals surface area contributed by atoms with Gasteiger partial charge < -0.3 is 20.7 Å². The molecule has 3 atom stereocenters. The smallest absolute Gasteiger partial charge is 0.425 e. The molecule has 3 amide bonds. The van der Waals surface area contributed by atoms with Crippen molar-refractivity contribution in [2.24, 2.45) is 0 Å². The van der Waals surface area contributed by atoms with Gasteiger partial charge in [-0.3, -0.25) is 9.69 Å². The fourth-order valence-electron chi connectivity index (χ4n) is 3.03. The van der Waals surface area contributed by atoms with Crippen molar-refractivity contribution < 1.29 is 32.3 Å². The minimum atomic E-state index is -5.12. The van der Waals surface area contributed by atoms with Crippen LogP contribution in [-0.2, 0) is 14.3 Å². The Kier molecular flexibility index (Phi) is 6.52. The number of rotatable bonds is 4. The second kappa shape index (κ2) is 8.91. The Morgan fingerprint density at radius 3 is 2.62 bits per heavy atom. The molecule has 0 saturated carbocycles. The maximum Gasteiger partial charge on any atom is 0.491 e. The zero-order chi connectivity index (χ0) is 21.0. The van der Waals surface area contributed by atoms with Crippen LogP contribution in [0.25, 0.3) is 0 Å². The van der Waals surface area contributed by atoms with E-state index in [1.807, 2.05) is 6.07 Å². The summed E-state index contributed by atoms with van der Waals surface area (Å²) in [5, 5.41) is 8.36. The molecule has 12 heteroatoms. The molecule has 1 aromatic carbocycles. The number of carbonyl (C=O) groups excluding carboxylic acids is 3. The molecule has 0 aromatic heterocycles. The maximum atomic E-state index is 12.7. The van der Waals surface area contributed by atoms with E-state index in [1.165, 1.54) is 0 Å². The monoisotopic (exact) mass is 432 g/mol. The second-order valence-electron chi connectivity index (χ2n) is 6.47. The zero-order valence-electron chi connectivity index (χ0n) is 15.1. The van der Waals surface area contributed by atoms with Crippen LogP contribution < -0.4 is 16.0 Å². The van der Waals surface area contributed by atoms with Crippen molar-refractivity contribution in [2.75, 3.05) is 24.2 Å². The number of esters is 1.